The first kappa shape index (κ1) is 11.1. The van der Waals surface area contributed by atoms with Gasteiger partial charge >= 0.3 is 0 Å². The molecular weight excluding hydrogens is 156 g/mol. The van der Waals surface area contributed by atoms with Crippen LogP contribution in [0, 0.1) is 11.8 Å². The molecular formula is C13H25. The molecule has 0 saturated heterocycles. The molecule has 0 bridgehead atoms. The topological polar surface area (TPSA) is 0 Å². The summed E-state index contributed by atoms with van der Waals surface area (Å²) in [6, 6.07) is 0. The molecule has 0 spiro atoms. The Bertz CT molecular complexity index is 109. The van der Waals surface area contributed by atoms with Gasteiger partial charge in [0, 0.05) is 0 Å². The molecule has 0 nitrogen and oxygen atoms in total. The first-order valence-corrected chi connectivity index (χ1v) is 6.16. The molecule has 0 atom stereocenters. The van der Waals surface area contributed by atoms with Crippen molar-refractivity contribution in [3.8, 4) is 0 Å². The summed E-state index contributed by atoms with van der Waals surface area (Å²) >= 11 is 0. The fourth-order valence-corrected chi connectivity index (χ4v) is 2.22. The van der Waals surface area contributed by atoms with Gasteiger partial charge in [-0.15, -0.1) is 0 Å². The summed E-state index contributed by atoms with van der Waals surface area (Å²) in [6.45, 7) is 4.68. The standard InChI is InChI=1S/C13H25/c1-3-4-5-6-7-13-10-8-12(2)9-11-13/h12H,3-11H2,1-2H3. The Morgan fingerprint density at radius 1 is 1.08 bits per heavy atom. The lowest BCUT2D eigenvalue weighted by Gasteiger charge is -2.25. The van der Waals surface area contributed by atoms with Gasteiger partial charge in [-0.3, -0.25) is 0 Å². The highest BCUT2D eigenvalue weighted by Gasteiger charge is 2.17. The van der Waals surface area contributed by atoms with Crippen LogP contribution in [0.25, 0.3) is 0 Å². The fraction of sp³-hybridized carbons (Fsp3) is 0.923. The van der Waals surface area contributed by atoms with Gasteiger partial charge in [-0.05, 0) is 31.1 Å². The Morgan fingerprint density at radius 2 is 1.77 bits per heavy atom. The van der Waals surface area contributed by atoms with Crippen LogP contribution in [0.3, 0.4) is 0 Å². The maximum Gasteiger partial charge on any atom is -0.0241 e. The third-order valence-corrected chi connectivity index (χ3v) is 3.37. The molecule has 0 aliphatic heterocycles. The van der Waals surface area contributed by atoms with E-state index in [-0.39, 0.29) is 0 Å². The van der Waals surface area contributed by atoms with Gasteiger partial charge in [0.25, 0.3) is 0 Å². The van der Waals surface area contributed by atoms with Gasteiger partial charge in [0.05, 0.1) is 0 Å². The fourth-order valence-electron chi connectivity index (χ4n) is 2.22. The highest BCUT2D eigenvalue weighted by Crippen LogP contribution is 2.33. The van der Waals surface area contributed by atoms with Crippen LogP contribution >= 0.6 is 0 Å². The molecule has 0 amide bonds. The van der Waals surface area contributed by atoms with E-state index < -0.39 is 0 Å². The summed E-state index contributed by atoms with van der Waals surface area (Å²) in [7, 11) is 0. The highest BCUT2D eigenvalue weighted by atomic mass is 14.2. The van der Waals surface area contributed by atoms with Crippen molar-refractivity contribution in [2.45, 2.75) is 71.6 Å². The summed E-state index contributed by atoms with van der Waals surface area (Å²) in [5, 5.41) is 0. The minimum absolute atomic E-state index is 0.999. The van der Waals surface area contributed by atoms with Gasteiger partial charge in [-0.25, -0.2) is 0 Å². The molecule has 77 valence electrons. The lowest BCUT2D eigenvalue weighted by Crippen LogP contribution is -2.10. The van der Waals surface area contributed by atoms with E-state index >= 15 is 0 Å². The molecule has 1 saturated carbocycles. The monoisotopic (exact) mass is 181 g/mol. The molecule has 1 radical (unpaired) electrons. The predicted octanol–water partition coefficient (Wildman–Crippen LogP) is 4.74. The average molecular weight is 181 g/mol. The molecule has 0 N–H and O–H groups in total. The highest BCUT2D eigenvalue weighted by molar-refractivity contribution is 4.93. The quantitative estimate of drug-likeness (QED) is 0.537. The summed E-state index contributed by atoms with van der Waals surface area (Å²) in [6.07, 6.45) is 12.9. The van der Waals surface area contributed by atoms with Crippen molar-refractivity contribution in [3.05, 3.63) is 5.92 Å². The van der Waals surface area contributed by atoms with Gasteiger partial charge in [-0.2, -0.15) is 0 Å². The Balaban J connectivity index is 1.96. The van der Waals surface area contributed by atoms with E-state index in [2.05, 4.69) is 13.8 Å². The van der Waals surface area contributed by atoms with Crippen LogP contribution in [-0.2, 0) is 0 Å². The lowest BCUT2D eigenvalue weighted by atomic mass is 9.80. The van der Waals surface area contributed by atoms with Gasteiger partial charge < -0.3 is 0 Å². The number of unbranched alkanes of at least 4 members (excludes halogenated alkanes) is 3. The van der Waals surface area contributed by atoms with Crippen LogP contribution in [0.2, 0.25) is 0 Å². The number of rotatable bonds is 5. The Hall–Kier alpha value is 0. The van der Waals surface area contributed by atoms with Crippen molar-refractivity contribution in [2.75, 3.05) is 0 Å². The second-order valence-corrected chi connectivity index (χ2v) is 4.74. The molecule has 1 aliphatic rings. The van der Waals surface area contributed by atoms with Crippen LogP contribution < -0.4 is 0 Å². The summed E-state index contributed by atoms with van der Waals surface area (Å²) < 4.78 is 0. The van der Waals surface area contributed by atoms with Crippen molar-refractivity contribution in [1.29, 1.82) is 0 Å². The molecule has 0 aromatic heterocycles. The molecule has 0 unspecified atom stereocenters. The van der Waals surface area contributed by atoms with Crippen LogP contribution in [0.1, 0.15) is 71.6 Å². The van der Waals surface area contributed by atoms with Crippen LogP contribution in [0.15, 0.2) is 0 Å². The predicted molar refractivity (Wildman–Crippen MR) is 59.6 cm³/mol. The van der Waals surface area contributed by atoms with Crippen molar-refractivity contribution < 1.29 is 0 Å². The maximum absolute atomic E-state index is 2.40. The molecule has 13 heavy (non-hydrogen) atoms. The van der Waals surface area contributed by atoms with E-state index in [0.717, 1.165) is 5.92 Å². The zero-order chi connectivity index (χ0) is 9.52. The molecule has 1 fully saturated rings. The zero-order valence-corrected chi connectivity index (χ0v) is 9.44. The van der Waals surface area contributed by atoms with Crippen LogP contribution in [0.5, 0.6) is 0 Å². The SMILES string of the molecule is CCCCCC[C]1CCC(C)CC1. The van der Waals surface area contributed by atoms with E-state index in [9.17, 15) is 0 Å². The second-order valence-electron chi connectivity index (χ2n) is 4.74. The Kier molecular flexibility index (Phi) is 5.50. The van der Waals surface area contributed by atoms with Gasteiger partial charge in [0.1, 0.15) is 0 Å². The van der Waals surface area contributed by atoms with Gasteiger partial charge in [-0.1, -0.05) is 52.4 Å². The molecule has 1 rings (SSSR count). The minimum Gasteiger partial charge on any atom is -0.0654 e. The van der Waals surface area contributed by atoms with E-state index in [4.69, 9.17) is 0 Å². The van der Waals surface area contributed by atoms with Gasteiger partial charge in [0.15, 0.2) is 0 Å². The van der Waals surface area contributed by atoms with Crippen molar-refractivity contribution in [2.24, 2.45) is 5.92 Å². The molecule has 0 aromatic carbocycles. The molecule has 1 aliphatic carbocycles. The van der Waals surface area contributed by atoms with Crippen LogP contribution in [-0.4, -0.2) is 0 Å². The molecule has 0 heterocycles. The van der Waals surface area contributed by atoms with E-state index in [1.54, 1.807) is 0 Å². The van der Waals surface area contributed by atoms with Crippen molar-refractivity contribution in [1.82, 2.24) is 0 Å². The van der Waals surface area contributed by atoms with Crippen molar-refractivity contribution >= 4 is 0 Å². The first-order valence-electron chi connectivity index (χ1n) is 6.16. The zero-order valence-electron chi connectivity index (χ0n) is 9.44. The van der Waals surface area contributed by atoms with E-state index in [1.807, 2.05) is 5.92 Å². The third-order valence-electron chi connectivity index (χ3n) is 3.37. The summed E-state index contributed by atoms with van der Waals surface area (Å²) in [4.78, 5) is 0. The smallest absolute Gasteiger partial charge is 0.0241 e. The third kappa shape index (κ3) is 4.69. The molecule has 0 heteroatoms. The first-order chi connectivity index (χ1) is 6.33. The number of hydrogen-bond acceptors (Lipinski definition) is 0. The number of hydrogen-bond donors (Lipinski definition) is 0. The minimum atomic E-state index is 0.999. The Morgan fingerprint density at radius 3 is 2.38 bits per heavy atom. The lowest BCUT2D eigenvalue weighted by molar-refractivity contribution is 0.389. The molecule has 0 aromatic rings. The van der Waals surface area contributed by atoms with E-state index in [0.29, 0.717) is 0 Å². The Labute approximate surface area is 84.1 Å². The second kappa shape index (κ2) is 6.45. The van der Waals surface area contributed by atoms with E-state index in [1.165, 1.54) is 57.8 Å². The average Bonchev–Trinajstić information content (AvgIpc) is 2.15. The van der Waals surface area contributed by atoms with Gasteiger partial charge in [0.2, 0.25) is 0 Å². The largest absolute Gasteiger partial charge is 0.0654 e. The maximum atomic E-state index is 2.40. The van der Waals surface area contributed by atoms with Crippen molar-refractivity contribution in [3.63, 3.8) is 0 Å². The normalized spacial score (nSPS) is 20.8. The summed E-state index contributed by atoms with van der Waals surface area (Å²) in [5.41, 5.74) is 0. The summed E-state index contributed by atoms with van der Waals surface area (Å²) in [5.74, 6) is 2.87. The van der Waals surface area contributed by atoms with Crippen LogP contribution in [0.4, 0.5) is 0 Å².